The fraction of sp³-hybridized carbons (Fsp3) is 0.167. The Balaban J connectivity index is 3.22. The SMILES string of the molecule is [2H]c1c([2H])c(C)c2c(C)c([2H])c([2H])c([2H])c2c1[2H]. The summed E-state index contributed by atoms with van der Waals surface area (Å²) in [5, 5.41) is 0.694. The molecule has 0 heterocycles. The van der Waals surface area contributed by atoms with Crippen molar-refractivity contribution in [3.05, 3.63) is 47.4 Å². The van der Waals surface area contributed by atoms with Crippen LogP contribution in [0.25, 0.3) is 10.8 Å². The Hall–Kier alpha value is -1.30. The first-order valence-electron chi connectivity index (χ1n) is 6.75. The first-order chi connectivity index (χ1) is 8.29. The van der Waals surface area contributed by atoms with Gasteiger partial charge < -0.3 is 0 Å². The van der Waals surface area contributed by atoms with E-state index in [1.165, 1.54) is 0 Å². The molecule has 0 bridgehead atoms. The molecule has 0 N–H and O–H groups in total. The van der Waals surface area contributed by atoms with Crippen LogP contribution in [0.2, 0.25) is 0 Å². The topological polar surface area (TPSA) is 0 Å². The van der Waals surface area contributed by atoms with Crippen LogP contribution in [-0.4, -0.2) is 0 Å². The van der Waals surface area contributed by atoms with Gasteiger partial charge in [0.05, 0.1) is 8.22 Å². The quantitative estimate of drug-likeness (QED) is 0.556. The highest BCUT2D eigenvalue weighted by molar-refractivity contribution is 5.88. The van der Waals surface area contributed by atoms with Gasteiger partial charge in [-0.15, -0.1) is 0 Å². The minimum absolute atomic E-state index is 0.0490. The van der Waals surface area contributed by atoms with Crippen molar-refractivity contribution in [1.29, 1.82) is 0 Å². The number of aryl methyl sites for hydroxylation is 2. The zero-order valence-corrected chi connectivity index (χ0v) is 7.00. The minimum Gasteiger partial charge on any atom is -0.0614 e. The van der Waals surface area contributed by atoms with Crippen molar-refractivity contribution in [2.24, 2.45) is 0 Å². The van der Waals surface area contributed by atoms with Crippen molar-refractivity contribution in [3.63, 3.8) is 0 Å². The van der Waals surface area contributed by atoms with Crippen LogP contribution in [0.4, 0.5) is 0 Å². The molecule has 2 aromatic carbocycles. The molecule has 2 aromatic rings. The Kier molecular flexibility index (Phi) is 0.705. The summed E-state index contributed by atoms with van der Waals surface area (Å²) in [5.41, 5.74) is 0.982. The molecule has 2 rings (SSSR count). The number of rotatable bonds is 0. The van der Waals surface area contributed by atoms with E-state index >= 15 is 0 Å². The average Bonchev–Trinajstić information content (AvgIpc) is 2.35. The first kappa shape index (κ1) is 3.21. The Labute approximate surface area is 81.3 Å². The maximum atomic E-state index is 7.86. The van der Waals surface area contributed by atoms with Crippen molar-refractivity contribution in [2.45, 2.75) is 13.8 Å². The Morgan fingerprint density at radius 3 is 1.92 bits per heavy atom. The van der Waals surface area contributed by atoms with Gasteiger partial charge in [-0.05, 0) is 35.7 Å². The molecular weight excluding hydrogens is 144 g/mol. The van der Waals surface area contributed by atoms with Gasteiger partial charge in [0, 0.05) is 0 Å². The molecule has 0 amide bonds. The molecule has 0 atom stereocenters. The van der Waals surface area contributed by atoms with E-state index in [4.69, 9.17) is 8.22 Å². The van der Waals surface area contributed by atoms with Gasteiger partial charge in [-0.3, -0.25) is 0 Å². The van der Waals surface area contributed by atoms with Crippen LogP contribution in [0.15, 0.2) is 36.3 Å². The monoisotopic (exact) mass is 162 g/mol. The number of hydrogen-bond donors (Lipinski definition) is 0. The smallest absolute Gasteiger partial charge is 0.0614 e. The summed E-state index contributed by atoms with van der Waals surface area (Å²) in [5.74, 6) is 0. The molecule has 12 heavy (non-hydrogen) atoms. The molecule has 0 aromatic heterocycles. The number of fused-ring (bicyclic) bond motifs is 1. The van der Waals surface area contributed by atoms with Crippen molar-refractivity contribution in [3.8, 4) is 0 Å². The summed E-state index contributed by atoms with van der Waals surface area (Å²) in [6.07, 6.45) is 0. The lowest BCUT2D eigenvalue weighted by Crippen LogP contribution is -1.81. The van der Waals surface area contributed by atoms with Gasteiger partial charge >= 0.3 is 0 Å². The summed E-state index contributed by atoms with van der Waals surface area (Å²) in [7, 11) is 0. The van der Waals surface area contributed by atoms with Crippen LogP contribution in [0.1, 0.15) is 19.4 Å². The average molecular weight is 162 g/mol. The van der Waals surface area contributed by atoms with Crippen molar-refractivity contribution in [1.82, 2.24) is 0 Å². The molecule has 60 valence electrons. The predicted molar refractivity (Wildman–Crippen MR) is 53.4 cm³/mol. The molecule has 0 unspecified atom stereocenters. The molecule has 0 saturated carbocycles. The second-order valence-electron chi connectivity index (χ2n) is 2.75. The zero-order chi connectivity index (χ0) is 13.8. The summed E-state index contributed by atoms with van der Waals surface area (Å²) in [4.78, 5) is 0. The standard InChI is InChI=1S/C12H12/c1-9-5-3-7-11-8-4-6-10(2)12(9)11/h3-8H,1-2H3/i3D,4D,5D,6D,7D,8D. The fourth-order valence-electron chi connectivity index (χ4n) is 1.31. The third-order valence-electron chi connectivity index (χ3n) is 1.88. The molecule has 0 spiro atoms. The lowest BCUT2D eigenvalue weighted by molar-refractivity contribution is 1.46. The summed E-state index contributed by atoms with van der Waals surface area (Å²) < 4.78 is 46.7. The van der Waals surface area contributed by atoms with Gasteiger partial charge in [0.2, 0.25) is 0 Å². The lowest BCUT2D eigenvalue weighted by atomic mass is 10.0. The Bertz CT molecular complexity index is 562. The molecule has 0 aliphatic rings. The van der Waals surface area contributed by atoms with Crippen molar-refractivity contribution >= 4 is 10.8 Å². The van der Waals surface area contributed by atoms with E-state index in [2.05, 4.69) is 0 Å². The van der Waals surface area contributed by atoms with Gasteiger partial charge in [0.1, 0.15) is 0 Å². The molecular formula is C12H12. The summed E-state index contributed by atoms with van der Waals surface area (Å²) in [6, 6.07) is -0.973. The van der Waals surface area contributed by atoms with Gasteiger partial charge in [-0.1, -0.05) is 36.3 Å². The van der Waals surface area contributed by atoms with E-state index in [1.54, 1.807) is 13.8 Å². The molecule has 0 aliphatic carbocycles. The number of benzene rings is 2. The summed E-state index contributed by atoms with van der Waals surface area (Å²) >= 11 is 0. The van der Waals surface area contributed by atoms with Gasteiger partial charge in [0.15, 0.2) is 0 Å². The Morgan fingerprint density at radius 2 is 1.42 bits per heavy atom. The second-order valence-corrected chi connectivity index (χ2v) is 2.75. The van der Waals surface area contributed by atoms with Crippen LogP contribution in [0.5, 0.6) is 0 Å². The highest BCUT2D eigenvalue weighted by atomic mass is 14.0. The maximum absolute atomic E-state index is 7.86. The van der Waals surface area contributed by atoms with Crippen LogP contribution in [0, 0.1) is 13.8 Å². The van der Waals surface area contributed by atoms with Crippen molar-refractivity contribution in [2.75, 3.05) is 0 Å². The summed E-state index contributed by atoms with van der Waals surface area (Å²) in [6.45, 7) is 3.30. The van der Waals surface area contributed by atoms with Gasteiger partial charge in [-0.2, -0.15) is 0 Å². The molecule has 0 nitrogen and oxygen atoms in total. The van der Waals surface area contributed by atoms with Crippen LogP contribution in [0.3, 0.4) is 0 Å². The molecule has 0 heteroatoms. The van der Waals surface area contributed by atoms with Crippen LogP contribution < -0.4 is 0 Å². The third-order valence-corrected chi connectivity index (χ3v) is 1.88. The van der Waals surface area contributed by atoms with E-state index < -0.39 is 0 Å². The van der Waals surface area contributed by atoms with E-state index in [1.807, 2.05) is 0 Å². The largest absolute Gasteiger partial charge is 0.0629 e. The Morgan fingerprint density at radius 1 is 0.917 bits per heavy atom. The zero-order valence-electron chi connectivity index (χ0n) is 13.0. The number of hydrogen-bond acceptors (Lipinski definition) is 0. The van der Waals surface area contributed by atoms with E-state index in [9.17, 15) is 0 Å². The van der Waals surface area contributed by atoms with E-state index in [-0.39, 0.29) is 41.6 Å². The molecule has 0 aliphatic heterocycles. The fourth-order valence-corrected chi connectivity index (χ4v) is 1.31. The minimum atomic E-state index is -0.231. The molecule has 0 radical (unpaired) electrons. The van der Waals surface area contributed by atoms with E-state index in [0.717, 1.165) is 0 Å². The maximum Gasteiger partial charge on any atom is 0.0629 e. The van der Waals surface area contributed by atoms with Crippen LogP contribution >= 0.6 is 0 Å². The predicted octanol–water partition coefficient (Wildman–Crippen LogP) is 3.46. The van der Waals surface area contributed by atoms with Crippen molar-refractivity contribution < 1.29 is 8.22 Å². The first-order valence-corrected chi connectivity index (χ1v) is 3.75. The highest BCUT2D eigenvalue weighted by Crippen LogP contribution is 2.21. The molecule has 0 saturated heterocycles. The lowest BCUT2D eigenvalue weighted by Gasteiger charge is -2.04. The van der Waals surface area contributed by atoms with Crippen LogP contribution in [-0.2, 0) is 0 Å². The third kappa shape index (κ3) is 1.00. The van der Waals surface area contributed by atoms with E-state index in [0.29, 0.717) is 16.5 Å². The molecule has 0 fully saturated rings. The van der Waals surface area contributed by atoms with Gasteiger partial charge in [-0.25, -0.2) is 0 Å². The highest BCUT2D eigenvalue weighted by Gasteiger charge is 1.97. The van der Waals surface area contributed by atoms with Gasteiger partial charge in [0.25, 0.3) is 0 Å². The second kappa shape index (κ2) is 2.63. The normalized spacial score (nSPS) is 17.5.